The molecule has 0 spiro atoms. The fourth-order valence-corrected chi connectivity index (χ4v) is 2.42. The number of hydrogen-bond acceptors (Lipinski definition) is 7. The molecule has 8 nitrogen and oxygen atoms in total. The van der Waals surface area contributed by atoms with Gasteiger partial charge in [-0.3, -0.25) is 9.59 Å². The van der Waals surface area contributed by atoms with E-state index in [1.54, 1.807) is 0 Å². The molecule has 3 N–H and O–H groups in total. The van der Waals surface area contributed by atoms with Gasteiger partial charge in [-0.1, -0.05) is 60.7 Å². The van der Waals surface area contributed by atoms with Crippen LogP contribution in [0.3, 0.4) is 0 Å². The Morgan fingerprint density at radius 1 is 0.704 bits per heavy atom. The first-order chi connectivity index (χ1) is 12.2. The van der Waals surface area contributed by atoms with E-state index in [0.717, 1.165) is 24.3 Å². The van der Waals surface area contributed by atoms with Crippen LogP contribution >= 0.6 is 0 Å². The van der Waals surface area contributed by atoms with Gasteiger partial charge in [0.05, 0.1) is 5.97 Å². The van der Waals surface area contributed by atoms with Crippen molar-refractivity contribution >= 4 is 23.5 Å². The number of Topliss-reactive ketones (excluding diaryl/α,β-unsaturated/α-hetero) is 2. The maximum absolute atomic E-state index is 12.6. The summed E-state index contributed by atoms with van der Waals surface area (Å²) in [5.74, 6) is -8.42. The van der Waals surface area contributed by atoms with Crippen LogP contribution in [0.4, 0.5) is 0 Å². The number of rotatable bonds is 7. The summed E-state index contributed by atoms with van der Waals surface area (Å²) in [7, 11) is 0. The molecular weight excluding hydrogens is 383 g/mol. The number of hydrogen-bond donors (Lipinski definition) is 3. The molecule has 0 heterocycles. The SMILES string of the molecule is O=C([O-])[C@](O)(C(=O)c1ccccc1)[C@](O)(C(=O)O)C(=O)c1ccccc1.[K+]. The largest absolute Gasteiger partial charge is 1.00 e. The maximum atomic E-state index is 12.6. The van der Waals surface area contributed by atoms with Crippen LogP contribution in [0, 0.1) is 0 Å². The van der Waals surface area contributed by atoms with Crippen molar-refractivity contribution in [1.82, 2.24) is 0 Å². The number of aliphatic carboxylic acids is 2. The molecule has 0 amide bonds. The third kappa shape index (κ3) is 3.94. The first-order valence-electron chi connectivity index (χ1n) is 7.26. The van der Waals surface area contributed by atoms with Gasteiger partial charge in [-0.2, -0.15) is 0 Å². The normalized spacial score (nSPS) is 14.7. The molecule has 0 aliphatic heterocycles. The first-order valence-corrected chi connectivity index (χ1v) is 7.26. The summed E-state index contributed by atoms with van der Waals surface area (Å²) >= 11 is 0. The van der Waals surface area contributed by atoms with Crippen molar-refractivity contribution in [3.8, 4) is 0 Å². The quantitative estimate of drug-likeness (QED) is 0.244. The smallest absolute Gasteiger partial charge is 0.546 e. The minimum absolute atomic E-state index is 0. The molecule has 0 bridgehead atoms. The number of aliphatic hydroxyl groups is 2. The van der Waals surface area contributed by atoms with E-state index in [9.17, 15) is 39.6 Å². The number of carboxylic acids is 2. The minimum atomic E-state index is -4.06. The van der Waals surface area contributed by atoms with E-state index in [2.05, 4.69) is 0 Å². The number of carboxylic acid groups (broad SMARTS) is 2. The van der Waals surface area contributed by atoms with Crippen LogP contribution in [0.25, 0.3) is 0 Å². The van der Waals surface area contributed by atoms with Crippen LogP contribution in [0.1, 0.15) is 20.7 Å². The van der Waals surface area contributed by atoms with Gasteiger partial charge >= 0.3 is 57.4 Å². The topological polar surface area (TPSA) is 152 Å². The van der Waals surface area contributed by atoms with E-state index in [0.29, 0.717) is 0 Å². The summed E-state index contributed by atoms with van der Waals surface area (Å²) in [5.41, 5.74) is -8.93. The van der Waals surface area contributed by atoms with E-state index in [1.165, 1.54) is 36.4 Å². The van der Waals surface area contributed by atoms with Gasteiger partial charge in [0, 0.05) is 11.1 Å². The summed E-state index contributed by atoms with van der Waals surface area (Å²) in [4.78, 5) is 48.3. The monoisotopic (exact) mass is 396 g/mol. The second kappa shape index (κ2) is 8.98. The van der Waals surface area contributed by atoms with Crippen molar-refractivity contribution in [3.05, 3.63) is 71.8 Å². The predicted molar refractivity (Wildman–Crippen MR) is 84.1 cm³/mol. The van der Waals surface area contributed by atoms with Gasteiger partial charge in [0.15, 0.2) is 0 Å². The van der Waals surface area contributed by atoms with E-state index in [4.69, 9.17) is 0 Å². The zero-order valence-corrected chi connectivity index (χ0v) is 17.3. The molecule has 2 aromatic carbocycles. The predicted octanol–water partition coefficient (Wildman–Crippen LogP) is -3.95. The number of benzene rings is 2. The van der Waals surface area contributed by atoms with Crippen molar-refractivity contribution in [2.75, 3.05) is 0 Å². The molecule has 0 aliphatic rings. The summed E-state index contributed by atoms with van der Waals surface area (Å²) in [5, 5.41) is 41.9. The molecule has 0 aromatic heterocycles. The van der Waals surface area contributed by atoms with Crippen molar-refractivity contribution in [1.29, 1.82) is 0 Å². The summed E-state index contributed by atoms with van der Waals surface area (Å²) in [6, 6.07) is 12.6. The van der Waals surface area contributed by atoms with Crippen molar-refractivity contribution in [3.63, 3.8) is 0 Å². The van der Waals surface area contributed by atoms with Gasteiger partial charge in [-0.05, 0) is 0 Å². The van der Waals surface area contributed by atoms with Crippen LogP contribution in [-0.4, -0.2) is 50.0 Å². The van der Waals surface area contributed by atoms with Gasteiger partial charge in [-0.25, -0.2) is 4.79 Å². The van der Waals surface area contributed by atoms with Crippen LogP contribution in [-0.2, 0) is 9.59 Å². The molecule has 0 unspecified atom stereocenters. The molecule has 0 saturated heterocycles. The fraction of sp³-hybridized carbons (Fsp3) is 0.111. The van der Waals surface area contributed by atoms with Crippen molar-refractivity contribution in [2.45, 2.75) is 11.2 Å². The second-order valence-electron chi connectivity index (χ2n) is 5.40. The Kier molecular flexibility index (Phi) is 7.75. The Labute approximate surface area is 195 Å². The molecular formula is C18H13KO8. The zero-order valence-electron chi connectivity index (χ0n) is 14.2. The van der Waals surface area contributed by atoms with Gasteiger partial charge in [-0.15, -0.1) is 0 Å². The van der Waals surface area contributed by atoms with Crippen LogP contribution in [0.5, 0.6) is 0 Å². The van der Waals surface area contributed by atoms with Crippen molar-refractivity contribution in [2.24, 2.45) is 0 Å². The van der Waals surface area contributed by atoms with Crippen molar-refractivity contribution < 1.29 is 91.0 Å². The van der Waals surface area contributed by atoms with Crippen LogP contribution in [0.15, 0.2) is 60.7 Å². The molecule has 0 saturated carbocycles. The molecule has 134 valence electrons. The van der Waals surface area contributed by atoms with E-state index in [-0.39, 0.29) is 51.4 Å². The molecule has 0 radical (unpaired) electrons. The van der Waals surface area contributed by atoms with E-state index < -0.39 is 45.8 Å². The number of carbonyl (C=O) groups is 4. The third-order valence-corrected chi connectivity index (χ3v) is 3.86. The van der Waals surface area contributed by atoms with E-state index in [1.807, 2.05) is 0 Å². The molecule has 2 rings (SSSR count). The Morgan fingerprint density at radius 2 is 1.04 bits per heavy atom. The summed E-state index contributed by atoms with van der Waals surface area (Å²) in [6.45, 7) is 0. The fourth-order valence-electron chi connectivity index (χ4n) is 2.42. The van der Waals surface area contributed by atoms with Gasteiger partial charge < -0.3 is 25.2 Å². The average Bonchev–Trinajstić information content (AvgIpc) is 2.66. The zero-order chi connectivity index (χ0) is 19.5. The Hall–Kier alpha value is -1.72. The van der Waals surface area contributed by atoms with Gasteiger partial charge in [0.2, 0.25) is 17.2 Å². The van der Waals surface area contributed by atoms with Gasteiger partial charge in [0.25, 0.3) is 5.60 Å². The molecule has 0 aliphatic carbocycles. The second-order valence-corrected chi connectivity index (χ2v) is 5.40. The van der Waals surface area contributed by atoms with E-state index >= 15 is 0 Å². The standard InChI is InChI=1S/C18H14O8.K/c19-13(11-7-3-1-4-8-11)17(25,15(21)22)18(26,16(23)24)14(20)12-9-5-2-6-10-12;/h1-10,25-26H,(H,21,22)(H,23,24);/q;+1/p-1/t17-,18-;/m1./s1. The molecule has 0 fully saturated rings. The molecule has 2 atom stereocenters. The number of carbonyl (C=O) groups excluding carboxylic acids is 3. The Balaban J connectivity index is 0.00000364. The maximum Gasteiger partial charge on any atom is 1.00 e. The molecule has 2 aromatic rings. The Morgan fingerprint density at radius 3 is 1.33 bits per heavy atom. The third-order valence-electron chi connectivity index (χ3n) is 3.86. The van der Waals surface area contributed by atoms with Crippen LogP contribution in [0.2, 0.25) is 0 Å². The first kappa shape index (κ1) is 23.3. The van der Waals surface area contributed by atoms with Crippen LogP contribution < -0.4 is 56.5 Å². The van der Waals surface area contributed by atoms with Gasteiger partial charge in [0.1, 0.15) is 0 Å². The minimum Gasteiger partial charge on any atom is -0.546 e. The summed E-state index contributed by atoms with van der Waals surface area (Å²) < 4.78 is 0. The molecule has 9 heteroatoms. The Bertz CT molecular complexity index is 794. The average molecular weight is 396 g/mol. The number of ketones is 2. The summed E-state index contributed by atoms with van der Waals surface area (Å²) in [6.07, 6.45) is 0. The molecule has 27 heavy (non-hydrogen) atoms.